The lowest BCUT2D eigenvalue weighted by atomic mass is 9.93. The van der Waals surface area contributed by atoms with Crippen molar-refractivity contribution >= 4 is 17.7 Å². The van der Waals surface area contributed by atoms with Crippen LogP contribution in [0, 0.1) is 0 Å². The Balaban J connectivity index is 0. The summed E-state index contributed by atoms with van der Waals surface area (Å²) < 4.78 is 175. The highest BCUT2D eigenvalue weighted by atomic mass is 32.2. The minimum atomic E-state index is -7.93. The average molecular weight is 586 g/mol. The molecular weight excluding hydrogens is 563 g/mol. The van der Waals surface area contributed by atoms with E-state index in [1.54, 1.807) is 0 Å². The Hall–Kier alpha value is -1.25. The fourth-order valence-electron chi connectivity index (χ4n) is 1.82. The number of halogens is 13. The number of ether oxygens (including phenoxy) is 2. The molecule has 0 aliphatic rings. The SMILES string of the molecule is NCCOCCOCC[NH3+].O=C([O-])CSCCC(F)(F)C(F)(F)C(F)(F)C(F)(F)C(F)(F)C(F)(F)F. The van der Waals surface area contributed by atoms with Crippen LogP contribution in [0.3, 0.4) is 0 Å². The molecule has 218 valence electrons. The van der Waals surface area contributed by atoms with Crippen LogP contribution in [0.25, 0.3) is 0 Å². The molecule has 0 rings (SSSR count). The third kappa shape index (κ3) is 9.56. The average Bonchev–Trinajstić information content (AvgIpc) is 2.72. The van der Waals surface area contributed by atoms with E-state index in [0.29, 0.717) is 33.0 Å². The van der Waals surface area contributed by atoms with E-state index in [0.717, 1.165) is 6.54 Å². The zero-order valence-electron chi connectivity index (χ0n) is 18.1. The van der Waals surface area contributed by atoms with E-state index in [1.165, 1.54) is 0 Å². The summed E-state index contributed by atoms with van der Waals surface area (Å²) in [6.45, 7) is 4.01. The molecule has 20 heteroatoms. The van der Waals surface area contributed by atoms with Crippen molar-refractivity contribution in [3.05, 3.63) is 0 Å². The number of carboxylic acids is 1. The van der Waals surface area contributed by atoms with Crippen LogP contribution in [0.2, 0.25) is 0 Å². The number of thioether (sulfide) groups is 1. The molecule has 0 aromatic carbocycles. The Bertz CT molecular complexity index is 644. The largest absolute Gasteiger partial charge is 0.549 e. The van der Waals surface area contributed by atoms with E-state index in [4.69, 9.17) is 15.2 Å². The summed E-state index contributed by atoms with van der Waals surface area (Å²) in [6, 6.07) is 0. The number of alkyl halides is 13. The molecule has 0 saturated heterocycles. The smallest absolute Gasteiger partial charge is 0.460 e. The van der Waals surface area contributed by atoms with Gasteiger partial charge in [-0.2, -0.15) is 68.8 Å². The van der Waals surface area contributed by atoms with Crippen molar-refractivity contribution in [3.8, 4) is 0 Å². The fourth-order valence-corrected chi connectivity index (χ4v) is 2.53. The van der Waals surface area contributed by atoms with Crippen LogP contribution in [0.5, 0.6) is 0 Å². The number of hydrogen-bond acceptors (Lipinski definition) is 6. The predicted octanol–water partition coefficient (Wildman–Crippen LogP) is 1.82. The van der Waals surface area contributed by atoms with Gasteiger partial charge in [-0.15, -0.1) is 0 Å². The molecule has 0 saturated carbocycles. The number of rotatable bonds is 16. The molecule has 36 heavy (non-hydrogen) atoms. The highest BCUT2D eigenvalue weighted by molar-refractivity contribution is 7.99. The predicted molar refractivity (Wildman–Crippen MR) is 96.2 cm³/mol. The van der Waals surface area contributed by atoms with Crippen LogP contribution < -0.4 is 16.6 Å². The third-order valence-corrected chi connectivity index (χ3v) is 4.63. The summed E-state index contributed by atoms with van der Waals surface area (Å²) >= 11 is -0.104. The van der Waals surface area contributed by atoms with Crippen LogP contribution in [0.4, 0.5) is 57.1 Å². The summed E-state index contributed by atoms with van der Waals surface area (Å²) in [5.74, 6) is -41.4. The summed E-state index contributed by atoms with van der Waals surface area (Å²) in [5, 5.41) is 9.94. The molecule has 6 nitrogen and oxygen atoms in total. The first-order chi connectivity index (χ1) is 16.1. The quantitative estimate of drug-likeness (QED) is 0.211. The molecule has 0 aromatic rings. The van der Waals surface area contributed by atoms with Crippen molar-refractivity contribution < 1.29 is 82.2 Å². The first-order valence-corrected chi connectivity index (χ1v) is 10.6. The zero-order valence-corrected chi connectivity index (χ0v) is 18.9. The Morgan fingerprint density at radius 2 is 1.19 bits per heavy atom. The fraction of sp³-hybridized carbons (Fsp3) is 0.938. The van der Waals surface area contributed by atoms with Crippen LogP contribution in [0.15, 0.2) is 0 Å². The third-order valence-electron chi connectivity index (χ3n) is 3.70. The topological polar surface area (TPSA) is 112 Å². The van der Waals surface area contributed by atoms with Gasteiger partial charge in [-0.05, 0) is 5.75 Å². The Morgan fingerprint density at radius 3 is 1.58 bits per heavy atom. The monoisotopic (exact) mass is 586 g/mol. The minimum absolute atomic E-state index is 0.104. The molecule has 0 aliphatic carbocycles. The van der Waals surface area contributed by atoms with Crippen molar-refractivity contribution in [3.63, 3.8) is 0 Å². The van der Waals surface area contributed by atoms with Crippen LogP contribution in [-0.4, -0.2) is 92.8 Å². The normalized spacial score (nSPS) is 13.9. The molecule has 0 spiro atoms. The molecule has 0 radical (unpaired) electrons. The molecule has 0 fully saturated rings. The summed E-state index contributed by atoms with van der Waals surface area (Å²) in [6.07, 6.45) is -9.88. The van der Waals surface area contributed by atoms with E-state index >= 15 is 0 Å². The van der Waals surface area contributed by atoms with Crippen LogP contribution in [-0.2, 0) is 14.3 Å². The zero-order chi connectivity index (χ0) is 29.1. The molecule has 0 aromatic heterocycles. The van der Waals surface area contributed by atoms with Gasteiger partial charge in [0.1, 0.15) is 0 Å². The van der Waals surface area contributed by atoms with Crippen LogP contribution >= 0.6 is 11.8 Å². The Labute approximate surface area is 199 Å². The van der Waals surface area contributed by atoms with Gasteiger partial charge in [0.2, 0.25) is 0 Å². The molecular formula is C16H23F13N2O4S. The number of carboxylic acid groups (broad SMARTS) is 1. The van der Waals surface area contributed by atoms with Crippen molar-refractivity contribution in [2.45, 2.75) is 42.2 Å². The maximum absolute atomic E-state index is 13.2. The number of aliphatic carboxylic acids is 1. The molecule has 0 atom stereocenters. The van der Waals surface area contributed by atoms with Gasteiger partial charge in [-0.25, -0.2) is 0 Å². The number of nitrogens with two attached hydrogens (primary N) is 1. The number of carbonyl (C=O) groups excluding carboxylic acids is 1. The van der Waals surface area contributed by atoms with E-state index in [9.17, 15) is 67.0 Å². The molecule has 0 amide bonds. The lowest BCUT2D eigenvalue weighted by Crippen LogP contribution is -2.70. The Morgan fingerprint density at radius 1 is 0.750 bits per heavy atom. The van der Waals surface area contributed by atoms with E-state index in [2.05, 4.69) is 5.73 Å². The van der Waals surface area contributed by atoms with Crippen molar-refractivity contribution in [1.29, 1.82) is 0 Å². The summed E-state index contributed by atoms with van der Waals surface area (Å²) in [7, 11) is 0. The lowest BCUT2D eigenvalue weighted by Gasteiger charge is -2.39. The van der Waals surface area contributed by atoms with Gasteiger partial charge >= 0.3 is 35.8 Å². The van der Waals surface area contributed by atoms with E-state index in [-0.39, 0.29) is 11.8 Å². The van der Waals surface area contributed by atoms with Gasteiger partial charge in [-0.3, -0.25) is 0 Å². The van der Waals surface area contributed by atoms with Gasteiger partial charge in [0, 0.05) is 18.7 Å². The summed E-state index contributed by atoms with van der Waals surface area (Å²) in [5.41, 5.74) is 8.83. The maximum atomic E-state index is 13.2. The van der Waals surface area contributed by atoms with Gasteiger partial charge in [0.25, 0.3) is 0 Å². The van der Waals surface area contributed by atoms with E-state index < -0.39 is 59.7 Å². The van der Waals surface area contributed by atoms with Gasteiger partial charge < -0.3 is 30.8 Å². The van der Waals surface area contributed by atoms with E-state index in [1.807, 2.05) is 0 Å². The number of hydrogen-bond donors (Lipinski definition) is 2. The highest BCUT2D eigenvalue weighted by Crippen LogP contribution is 2.60. The van der Waals surface area contributed by atoms with Gasteiger partial charge in [0.15, 0.2) is 0 Å². The van der Waals surface area contributed by atoms with Gasteiger partial charge in [-0.1, -0.05) is 0 Å². The lowest BCUT2D eigenvalue weighted by molar-refractivity contribution is -0.439. The highest BCUT2D eigenvalue weighted by Gasteiger charge is 2.90. The number of carbonyl (C=O) groups is 1. The van der Waals surface area contributed by atoms with Gasteiger partial charge in [0.05, 0.1) is 38.9 Å². The first kappa shape index (κ1) is 36.9. The molecule has 0 aliphatic heterocycles. The first-order valence-electron chi connectivity index (χ1n) is 9.46. The standard InChI is InChI=1S/C10H7F13O2S.C6H16N2O2/c11-5(12,1-2-26-3-4(24)25)6(13,14)7(15,16)8(17,18)9(19,20)10(21,22)23;7-1-3-9-5-6-10-4-2-8/h1-3H2,(H,24,25);1-8H2. The van der Waals surface area contributed by atoms with Crippen molar-refractivity contribution in [1.82, 2.24) is 0 Å². The van der Waals surface area contributed by atoms with Crippen molar-refractivity contribution in [2.75, 3.05) is 51.0 Å². The molecule has 5 N–H and O–H groups in total. The van der Waals surface area contributed by atoms with Crippen LogP contribution in [0.1, 0.15) is 6.42 Å². The molecule has 0 heterocycles. The second kappa shape index (κ2) is 14.6. The second-order valence-electron chi connectivity index (χ2n) is 6.54. The maximum Gasteiger partial charge on any atom is 0.460 e. The Kier molecular flexibility index (Phi) is 15.0. The summed E-state index contributed by atoms with van der Waals surface area (Å²) in [4.78, 5) is 9.94. The van der Waals surface area contributed by atoms with Crippen molar-refractivity contribution in [2.24, 2.45) is 5.73 Å². The molecule has 0 unspecified atom stereocenters. The second-order valence-corrected chi connectivity index (χ2v) is 7.65. The number of quaternary nitrogens is 1. The minimum Gasteiger partial charge on any atom is -0.549 e. The molecule has 0 bridgehead atoms.